The summed E-state index contributed by atoms with van der Waals surface area (Å²) >= 11 is 0. The molecular weight excluding hydrogens is 230 g/mol. The SMILES string of the molecule is COc1cc([C@H](N)CCC(C)C)cc(OC)c1O. The molecule has 0 amide bonds. The molecule has 0 bridgehead atoms. The standard InChI is InChI=1S/C14H23NO3/c1-9(2)5-6-11(15)10-7-12(17-3)14(16)13(8-10)18-4/h7-9,11,16H,5-6,15H2,1-4H3/t11-/m1/s1. The molecule has 0 saturated carbocycles. The molecule has 0 radical (unpaired) electrons. The second-order valence-electron chi connectivity index (χ2n) is 4.85. The summed E-state index contributed by atoms with van der Waals surface area (Å²) in [6.07, 6.45) is 1.96. The monoisotopic (exact) mass is 253 g/mol. The zero-order chi connectivity index (χ0) is 13.7. The highest BCUT2D eigenvalue weighted by Gasteiger charge is 2.15. The minimum Gasteiger partial charge on any atom is -0.502 e. The van der Waals surface area contributed by atoms with Crippen molar-refractivity contribution in [3.63, 3.8) is 0 Å². The Bertz CT molecular complexity index is 366. The number of hydrogen-bond acceptors (Lipinski definition) is 4. The molecule has 18 heavy (non-hydrogen) atoms. The predicted octanol–water partition coefficient (Wildman–Crippen LogP) is 2.85. The Morgan fingerprint density at radius 2 is 1.61 bits per heavy atom. The number of phenolic OH excluding ortho intramolecular Hbond substituents is 1. The summed E-state index contributed by atoms with van der Waals surface area (Å²) in [5.74, 6) is 1.42. The van der Waals surface area contributed by atoms with Crippen molar-refractivity contribution in [1.82, 2.24) is 0 Å². The average Bonchev–Trinajstić information content (AvgIpc) is 2.36. The lowest BCUT2D eigenvalue weighted by atomic mass is 9.98. The van der Waals surface area contributed by atoms with E-state index in [4.69, 9.17) is 15.2 Å². The van der Waals surface area contributed by atoms with Crippen molar-refractivity contribution in [3.05, 3.63) is 17.7 Å². The molecule has 1 aromatic carbocycles. The highest BCUT2D eigenvalue weighted by atomic mass is 16.5. The Morgan fingerprint density at radius 1 is 1.11 bits per heavy atom. The van der Waals surface area contributed by atoms with E-state index in [2.05, 4.69) is 13.8 Å². The zero-order valence-electron chi connectivity index (χ0n) is 11.6. The molecule has 0 unspecified atom stereocenters. The van der Waals surface area contributed by atoms with Crippen molar-refractivity contribution in [1.29, 1.82) is 0 Å². The van der Waals surface area contributed by atoms with Gasteiger partial charge in [0, 0.05) is 6.04 Å². The van der Waals surface area contributed by atoms with Crippen molar-refractivity contribution < 1.29 is 14.6 Å². The Kier molecular flexibility index (Phi) is 5.28. The summed E-state index contributed by atoms with van der Waals surface area (Å²) in [5, 5.41) is 9.82. The minimum atomic E-state index is -0.0733. The van der Waals surface area contributed by atoms with Crippen molar-refractivity contribution in [2.24, 2.45) is 11.7 Å². The van der Waals surface area contributed by atoms with E-state index in [9.17, 15) is 5.11 Å². The zero-order valence-corrected chi connectivity index (χ0v) is 11.6. The fourth-order valence-electron chi connectivity index (χ4n) is 1.81. The van der Waals surface area contributed by atoms with Crippen molar-refractivity contribution >= 4 is 0 Å². The van der Waals surface area contributed by atoms with Crippen LogP contribution in [0.3, 0.4) is 0 Å². The number of benzene rings is 1. The Labute approximate surface area is 109 Å². The molecule has 102 valence electrons. The van der Waals surface area contributed by atoms with E-state index in [0.717, 1.165) is 18.4 Å². The first-order chi connectivity index (χ1) is 8.49. The van der Waals surface area contributed by atoms with Crippen LogP contribution in [-0.4, -0.2) is 19.3 Å². The van der Waals surface area contributed by atoms with Gasteiger partial charge in [-0.3, -0.25) is 0 Å². The molecule has 0 heterocycles. The van der Waals surface area contributed by atoms with Gasteiger partial charge in [0.05, 0.1) is 14.2 Å². The van der Waals surface area contributed by atoms with Crippen LogP contribution in [-0.2, 0) is 0 Å². The third kappa shape index (κ3) is 3.53. The van der Waals surface area contributed by atoms with Gasteiger partial charge in [-0.25, -0.2) is 0 Å². The molecule has 0 aliphatic carbocycles. The maximum atomic E-state index is 9.82. The van der Waals surface area contributed by atoms with Crippen molar-refractivity contribution in [2.75, 3.05) is 14.2 Å². The summed E-state index contributed by atoms with van der Waals surface area (Å²) in [6.45, 7) is 4.34. The van der Waals surface area contributed by atoms with E-state index in [1.165, 1.54) is 14.2 Å². The number of ether oxygens (including phenoxy) is 2. The van der Waals surface area contributed by atoms with Crippen LogP contribution in [0.2, 0.25) is 0 Å². The van der Waals surface area contributed by atoms with Gasteiger partial charge in [-0.2, -0.15) is 0 Å². The fraction of sp³-hybridized carbons (Fsp3) is 0.571. The molecule has 0 aliphatic heterocycles. The molecule has 1 rings (SSSR count). The summed E-state index contributed by atoms with van der Waals surface area (Å²) < 4.78 is 10.2. The molecule has 4 heteroatoms. The van der Waals surface area contributed by atoms with Crippen LogP contribution in [0.25, 0.3) is 0 Å². The van der Waals surface area contributed by atoms with Gasteiger partial charge in [-0.05, 0) is 36.5 Å². The van der Waals surface area contributed by atoms with Gasteiger partial charge in [0.25, 0.3) is 0 Å². The van der Waals surface area contributed by atoms with Gasteiger partial charge in [0.2, 0.25) is 5.75 Å². The van der Waals surface area contributed by atoms with Crippen molar-refractivity contribution in [2.45, 2.75) is 32.7 Å². The van der Waals surface area contributed by atoms with E-state index in [1.54, 1.807) is 12.1 Å². The second-order valence-corrected chi connectivity index (χ2v) is 4.85. The van der Waals surface area contributed by atoms with E-state index in [0.29, 0.717) is 17.4 Å². The molecule has 1 aromatic rings. The highest BCUT2D eigenvalue weighted by molar-refractivity contribution is 5.53. The van der Waals surface area contributed by atoms with Crippen molar-refractivity contribution in [3.8, 4) is 17.2 Å². The van der Waals surface area contributed by atoms with E-state index in [-0.39, 0.29) is 11.8 Å². The Balaban J connectivity index is 2.94. The van der Waals surface area contributed by atoms with E-state index >= 15 is 0 Å². The quantitative estimate of drug-likeness (QED) is 0.818. The summed E-state index contributed by atoms with van der Waals surface area (Å²) in [5.41, 5.74) is 7.07. The third-order valence-electron chi connectivity index (χ3n) is 2.99. The first kappa shape index (κ1) is 14.6. The maximum absolute atomic E-state index is 9.82. The second kappa shape index (κ2) is 6.50. The summed E-state index contributed by atoms with van der Waals surface area (Å²) in [6, 6.07) is 3.46. The lowest BCUT2D eigenvalue weighted by Gasteiger charge is -2.17. The van der Waals surface area contributed by atoms with Gasteiger partial charge in [-0.1, -0.05) is 13.8 Å². The molecule has 1 atom stereocenters. The van der Waals surface area contributed by atoms with Crippen LogP contribution in [0.1, 0.15) is 38.3 Å². The van der Waals surface area contributed by atoms with Crippen LogP contribution < -0.4 is 15.2 Å². The number of phenols is 1. The van der Waals surface area contributed by atoms with Gasteiger partial charge >= 0.3 is 0 Å². The predicted molar refractivity (Wildman–Crippen MR) is 72.2 cm³/mol. The van der Waals surface area contributed by atoms with Crippen LogP contribution in [0.15, 0.2) is 12.1 Å². The van der Waals surface area contributed by atoms with Crippen LogP contribution in [0, 0.1) is 5.92 Å². The minimum absolute atomic E-state index is 0.0137. The summed E-state index contributed by atoms with van der Waals surface area (Å²) in [4.78, 5) is 0. The fourth-order valence-corrected chi connectivity index (χ4v) is 1.81. The van der Waals surface area contributed by atoms with E-state index in [1.807, 2.05) is 0 Å². The lowest BCUT2D eigenvalue weighted by molar-refractivity contribution is 0.338. The number of methoxy groups -OCH3 is 2. The topological polar surface area (TPSA) is 64.7 Å². The molecule has 0 fully saturated rings. The first-order valence-electron chi connectivity index (χ1n) is 6.20. The normalized spacial score (nSPS) is 12.6. The van der Waals surface area contributed by atoms with Gasteiger partial charge in [0.1, 0.15) is 0 Å². The number of aromatic hydroxyl groups is 1. The number of hydrogen-bond donors (Lipinski definition) is 2. The average molecular weight is 253 g/mol. The van der Waals surface area contributed by atoms with Crippen LogP contribution in [0.5, 0.6) is 17.2 Å². The molecule has 0 spiro atoms. The van der Waals surface area contributed by atoms with Crippen LogP contribution >= 0.6 is 0 Å². The lowest BCUT2D eigenvalue weighted by Crippen LogP contribution is -2.11. The number of nitrogens with two attached hydrogens (primary N) is 1. The summed E-state index contributed by atoms with van der Waals surface area (Å²) in [7, 11) is 3.02. The molecule has 0 saturated heterocycles. The van der Waals surface area contributed by atoms with E-state index < -0.39 is 0 Å². The largest absolute Gasteiger partial charge is 0.502 e. The molecule has 0 aromatic heterocycles. The molecule has 4 nitrogen and oxygen atoms in total. The Hall–Kier alpha value is -1.42. The van der Waals surface area contributed by atoms with Gasteiger partial charge < -0.3 is 20.3 Å². The molecule has 0 aliphatic rings. The third-order valence-corrected chi connectivity index (χ3v) is 2.99. The van der Waals surface area contributed by atoms with Gasteiger partial charge in [-0.15, -0.1) is 0 Å². The van der Waals surface area contributed by atoms with Gasteiger partial charge in [0.15, 0.2) is 11.5 Å². The molecular formula is C14H23NO3. The smallest absolute Gasteiger partial charge is 0.200 e. The molecule has 3 N–H and O–H groups in total. The maximum Gasteiger partial charge on any atom is 0.200 e. The first-order valence-corrected chi connectivity index (χ1v) is 6.20. The Morgan fingerprint density at radius 3 is 2.00 bits per heavy atom. The highest BCUT2D eigenvalue weighted by Crippen LogP contribution is 2.39. The van der Waals surface area contributed by atoms with Crippen LogP contribution in [0.4, 0.5) is 0 Å². The number of rotatable bonds is 6.